The molecule has 1 aromatic rings. The number of amides is 1. The summed E-state index contributed by atoms with van der Waals surface area (Å²) in [4.78, 5) is 14.5. The summed E-state index contributed by atoms with van der Waals surface area (Å²) >= 11 is 0. The van der Waals surface area contributed by atoms with Crippen molar-refractivity contribution in [1.82, 2.24) is 4.90 Å². The highest BCUT2D eigenvalue weighted by atomic mass is 16.5. The Morgan fingerprint density at radius 1 is 1.38 bits per heavy atom. The number of carbonyl (C=O) groups excluding carboxylic acids is 1. The lowest BCUT2D eigenvalue weighted by Crippen LogP contribution is -2.51. The maximum absolute atomic E-state index is 12.7. The number of rotatable bonds is 4. The van der Waals surface area contributed by atoms with Crippen LogP contribution in [0.2, 0.25) is 0 Å². The Kier molecular flexibility index (Phi) is 5.03. The molecule has 0 aromatic heterocycles. The number of hydrogen-bond acceptors (Lipinski definition) is 5. The average Bonchev–Trinajstić information content (AvgIpc) is 2.52. The highest BCUT2D eigenvalue weighted by molar-refractivity contribution is 5.97. The predicted octanol–water partition coefficient (Wildman–Crippen LogP) is 0.892. The zero-order chi connectivity index (χ0) is 15.4. The van der Waals surface area contributed by atoms with Gasteiger partial charge < -0.3 is 24.8 Å². The van der Waals surface area contributed by atoms with Crippen LogP contribution in [0.3, 0.4) is 0 Å². The monoisotopic (exact) mass is 294 g/mol. The van der Waals surface area contributed by atoms with Gasteiger partial charge in [0.25, 0.3) is 5.91 Å². The Balaban J connectivity index is 2.26. The summed E-state index contributed by atoms with van der Waals surface area (Å²) in [5.74, 6) is 1.06. The topological polar surface area (TPSA) is 74.0 Å². The number of morpholine rings is 1. The standard InChI is InChI=1S/C15H22N2O4/c1-10-8-17(9-12(7-16)21-10)15(18)13-6-11(19-2)4-5-14(13)20-3/h4-6,10,12H,7-9,16H2,1-3H3. The molecule has 0 radical (unpaired) electrons. The van der Waals surface area contributed by atoms with Crippen molar-refractivity contribution in [3.8, 4) is 11.5 Å². The van der Waals surface area contributed by atoms with Gasteiger partial charge in [-0.2, -0.15) is 0 Å². The van der Waals surface area contributed by atoms with Gasteiger partial charge in [-0.05, 0) is 25.1 Å². The molecule has 2 unspecified atom stereocenters. The molecule has 1 saturated heterocycles. The molecule has 2 atom stereocenters. The van der Waals surface area contributed by atoms with Crippen LogP contribution in [-0.4, -0.2) is 56.9 Å². The SMILES string of the molecule is COc1ccc(OC)c(C(=O)N2CC(C)OC(CN)C2)c1. The highest BCUT2D eigenvalue weighted by Crippen LogP contribution is 2.26. The smallest absolute Gasteiger partial charge is 0.257 e. The lowest BCUT2D eigenvalue weighted by atomic mass is 10.1. The third kappa shape index (κ3) is 3.46. The first kappa shape index (κ1) is 15.6. The fourth-order valence-electron chi connectivity index (χ4n) is 2.49. The average molecular weight is 294 g/mol. The van der Waals surface area contributed by atoms with Crippen molar-refractivity contribution in [1.29, 1.82) is 0 Å². The van der Waals surface area contributed by atoms with E-state index in [4.69, 9.17) is 19.9 Å². The van der Waals surface area contributed by atoms with Gasteiger partial charge in [-0.25, -0.2) is 0 Å². The van der Waals surface area contributed by atoms with Gasteiger partial charge in [-0.3, -0.25) is 4.79 Å². The zero-order valence-electron chi connectivity index (χ0n) is 12.7. The van der Waals surface area contributed by atoms with Crippen molar-refractivity contribution in [2.45, 2.75) is 19.1 Å². The lowest BCUT2D eigenvalue weighted by molar-refractivity contribution is -0.0626. The molecule has 0 bridgehead atoms. The minimum Gasteiger partial charge on any atom is -0.497 e. The van der Waals surface area contributed by atoms with Crippen molar-refractivity contribution < 1.29 is 19.0 Å². The van der Waals surface area contributed by atoms with Gasteiger partial charge in [0.05, 0.1) is 32.0 Å². The van der Waals surface area contributed by atoms with E-state index in [9.17, 15) is 4.79 Å². The van der Waals surface area contributed by atoms with E-state index in [0.717, 1.165) is 0 Å². The molecule has 0 spiro atoms. The number of ether oxygens (including phenoxy) is 3. The Morgan fingerprint density at radius 2 is 2.14 bits per heavy atom. The largest absolute Gasteiger partial charge is 0.497 e. The fourth-order valence-corrected chi connectivity index (χ4v) is 2.49. The maximum Gasteiger partial charge on any atom is 0.257 e. The summed E-state index contributed by atoms with van der Waals surface area (Å²) in [6.45, 7) is 3.35. The van der Waals surface area contributed by atoms with Crippen molar-refractivity contribution in [2.24, 2.45) is 5.73 Å². The van der Waals surface area contributed by atoms with Crippen LogP contribution in [0.5, 0.6) is 11.5 Å². The molecular weight excluding hydrogens is 272 g/mol. The van der Waals surface area contributed by atoms with E-state index in [1.165, 1.54) is 0 Å². The summed E-state index contributed by atoms with van der Waals surface area (Å²) in [5.41, 5.74) is 6.15. The number of benzene rings is 1. The van der Waals surface area contributed by atoms with Gasteiger partial charge in [-0.1, -0.05) is 0 Å². The first-order valence-corrected chi connectivity index (χ1v) is 6.95. The molecule has 1 amide bonds. The summed E-state index contributed by atoms with van der Waals surface area (Å²) < 4.78 is 16.1. The molecule has 6 nitrogen and oxygen atoms in total. The highest BCUT2D eigenvalue weighted by Gasteiger charge is 2.29. The maximum atomic E-state index is 12.7. The molecule has 1 aliphatic rings. The van der Waals surface area contributed by atoms with Gasteiger partial charge >= 0.3 is 0 Å². The quantitative estimate of drug-likeness (QED) is 0.893. The van der Waals surface area contributed by atoms with Gasteiger partial charge in [0.2, 0.25) is 0 Å². The van der Waals surface area contributed by atoms with Crippen LogP contribution in [0.15, 0.2) is 18.2 Å². The molecule has 2 rings (SSSR count). The number of nitrogens with two attached hydrogens (primary N) is 1. The summed E-state index contributed by atoms with van der Waals surface area (Å²) in [6.07, 6.45) is -0.165. The van der Waals surface area contributed by atoms with Crippen molar-refractivity contribution in [2.75, 3.05) is 33.9 Å². The molecule has 6 heteroatoms. The minimum atomic E-state index is -0.130. The minimum absolute atomic E-state index is 0.0344. The third-order valence-corrected chi connectivity index (χ3v) is 3.51. The van der Waals surface area contributed by atoms with Gasteiger partial charge in [0.15, 0.2) is 0 Å². The molecule has 0 saturated carbocycles. The van der Waals surface area contributed by atoms with E-state index in [1.54, 1.807) is 37.3 Å². The summed E-state index contributed by atoms with van der Waals surface area (Å²) in [7, 11) is 3.11. The van der Waals surface area contributed by atoms with Crippen LogP contribution < -0.4 is 15.2 Å². The second-order valence-corrected chi connectivity index (χ2v) is 5.08. The van der Waals surface area contributed by atoms with Crippen molar-refractivity contribution >= 4 is 5.91 Å². The lowest BCUT2D eigenvalue weighted by Gasteiger charge is -2.36. The van der Waals surface area contributed by atoms with Crippen LogP contribution in [0, 0.1) is 0 Å². The third-order valence-electron chi connectivity index (χ3n) is 3.51. The van der Waals surface area contributed by atoms with E-state index in [1.807, 2.05) is 6.92 Å². The molecule has 21 heavy (non-hydrogen) atoms. The van der Waals surface area contributed by atoms with Crippen molar-refractivity contribution in [3.05, 3.63) is 23.8 Å². The number of hydrogen-bond donors (Lipinski definition) is 1. The molecule has 1 aliphatic heterocycles. The Labute approximate surface area is 124 Å². The molecule has 0 aliphatic carbocycles. The van der Waals surface area contributed by atoms with E-state index < -0.39 is 0 Å². The van der Waals surface area contributed by atoms with E-state index in [2.05, 4.69) is 0 Å². The van der Waals surface area contributed by atoms with Gasteiger partial charge in [0, 0.05) is 19.6 Å². The van der Waals surface area contributed by atoms with Crippen LogP contribution in [0.25, 0.3) is 0 Å². The Morgan fingerprint density at radius 3 is 2.76 bits per heavy atom. The van der Waals surface area contributed by atoms with Crippen LogP contribution >= 0.6 is 0 Å². The second kappa shape index (κ2) is 6.78. The normalized spacial score (nSPS) is 22.0. The van der Waals surface area contributed by atoms with E-state index in [-0.39, 0.29) is 18.1 Å². The van der Waals surface area contributed by atoms with Crippen LogP contribution in [-0.2, 0) is 4.74 Å². The number of methoxy groups -OCH3 is 2. The van der Waals surface area contributed by atoms with Crippen LogP contribution in [0.4, 0.5) is 0 Å². The fraction of sp³-hybridized carbons (Fsp3) is 0.533. The summed E-state index contributed by atoms with van der Waals surface area (Å²) in [6, 6.07) is 5.19. The van der Waals surface area contributed by atoms with E-state index >= 15 is 0 Å². The molecule has 2 N–H and O–H groups in total. The molecule has 1 aromatic carbocycles. The van der Waals surface area contributed by atoms with Crippen molar-refractivity contribution in [3.63, 3.8) is 0 Å². The first-order chi connectivity index (χ1) is 10.1. The number of carbonyl (C=O) groups is 1. The zero-order valence-corrected chi connectivity index (χ0v) is 12.7. The number of nitrogens with zero attached hydrogens (tertiary/aromatic N) is 1. The molecule has 1 heterocycles. The molecule has 1 fully saturated rings. The summed E-state index contributed by atoms with van der Waals surface area (Å²) in [5, 5.41) is 0. The second-order valence-electron chi connectivity index (χ2n) is 5.08. The van der Waals surface area contributed by atoms with E-state index in [0.29, 0.717) is 36.7 Å². The van der Waals surface area contributed by atoms with Gasteiger partial charge in [0.1, 0.15) is 11.5 Å². The predicted molar refractivity (Wildman–Crippen MR) is 78.8 cm³/mol. The van der Waals surface area contributed by atoms with Crippen LogP contribution in [0.1, 0.15) is 17.3 Å². The Hall–Kier alpha value is -1.79. The first-order valence-electron chi connectivity index (χ1n) is 6.95. The molecular formula is C15H22N2O4. The Bertz CT molecular complexity index is 506. The molecule has 116 valence electrons. The van der Waals surface area contributed by atoms with Gasteiger partial charge in [-0.15, -0.1) is 0 Å².